The molecule has 0 radical (unpaired) electrons. The molecule has 0 bridgehead atoms. The maximum Gasteiger partial charge on any atom is 0.401 e. The molecule has 1 aliphatic carbocycles. The minimum atomic E-state index is -4.47. The van der Waals surface area contributed by atoms with Crippen LogP contribution in [0.3, 0.4) is 0 Å². The number of halogens is 3. The van der Waals surface area contributed by atoms with Crippen molar-refractivity contribution in [3.8, 4) is 11.1 Å². The van der Waals surface area contributed by atoms with Crippen molar-refractivity contribution in [3.05, 3.63) is 71.3 Å². The summed E-state index contributed by atoms with van der Waals surface area (Å²) in [5, 5.41) is 12.4. The Balaban J connectivity index is 1.12. The summed E-state index contributed by atoms with van der Waals surface area (Å²) in [7, 11) is 0. The minimum absolute atomic E-state index is 0.00652. The van der Waals surface area contributed by atoms with Gasteiger partial charge in [0.15, 0.2) is 5.82 Å². The van der Waals surface area contributed by atoms with Gasteiger partial charge < -0.3 is 10.6 Å². The Morgan fingerprint density at radius 1 is 1.03 bits per heavy atom. The number of aromatic amines is 1. The molecule has 1 aromatic heterocycles. The first kappa shape index (κ1) is 26.4. The van der Waals surface area contributed by atoms with Crippen LogP contribution in [-0.4, -0.2) is 58.3 Å². The number of carbonyl (C=O) groups excluding carboxylic acids is 1. The number of alkyl halides is 3. The number of H-pyrrole nitrogens is 1. The Kier molecular flexibility index (Phi) is 7.28. The van der Waals surface area contributed by atoms with E-state index in [-0.39, 0.29) is 35.9 Å². The summed E-state index contributed by atoms with van der Waals surface area (Å²) in [6.45, 7) is 7.27. The fraction of sp³-hybridized carbons (Fsp3) is 0.464. The summed E-state index contributed by atoms with van der Waals surface area (Å²) >= 11 is 0. The van der Waals surface area contributed by atoms with Gasteiger partial charge in [-0.3, -0.25) is 14.8 Å². The topological polar surface area (TPSA) is 85.9 Å². The van der Waals surface area contributed by atoms with E-state index in [9.17, 15) is 18.0 Å². The highest BCUT2D eigenvalue weighted by Gasteiger charge is 2.51. The second kappa shape index (κ2) is 10.5. The number of piperazine rings is 1. The summed E-state index contributed by atoms with van der Waals surface area (Å²) < 4.78 is 39.6. The third kappa shape index (κ3) is 5.76. The van der Waals surface area contributed by atoms with Gasteiger partial charge in [-0.05, 0) is 48.4 Å². The van der Waals surface area contributed by atoms with E-state index in [4.69, 9.17) is 0 Å². The van der Waals surface area contributed by atoms with E-state index in [2.05, 4.69) is 79.2 Å². The molecule has 1 saturated heterocycles. The van der Waals surface area contributed by atoms with E-state index in [1.807, 2.05) is 0 Å². The summed E-state index contributed by atoms with van der Waals surface area (Å²) in [5.41, 5.74) is 2.53. The highest BCUT2D eigenvalue weighted by atomic mass is 19.4. The van der Waals surface area contributed by atoms with Crippen LogP contribution in [0.1, 0.15) is 49.0 Å². The molecule has 1 amide bonds. The lowest BCUT2D eigenvalue weighted by molar-refractivity contribution is -0.182. The quantitative estimate of drug-likeness (QED) is 0.411. The van der Waals surface area contributed by atoms with E-state index in [0.29, 0.717) is 0 Å². The highest BCUT2D eigenvalue weighted by Crippen LogP contribution is 2.48. The Morgan fingerprint density at radius 3 is 2.29 bits per heavy atom. The molecule has 2 aromatic carbocycles. The molecule has 202 valence electrons. The maximum absolute atomic E-state index is 13.2. The van der Waals surface area contributed by atoms with Crippen molar-refractivity contribution in [2.24, 2.45) is 5.92 Å². The Labute approximate surface area is 220 Å². The molecule has 3 aromatic rings. The van der Waals surface area contributed by atoms with E-state index in [0.717, 1.165) is 69.7 Å². The van der Waals surface area contributed by atoms with Gasteiger partial charge >= 0.3 is 6.18 Å². The Hall–Kier alpha value is -3.24. The summed E-state index contributed by atoms with van der Waals surface area (Å²) in [6.07, 6.45) is -3.73. The maximum atomic E-state index is 13.2. The third-order valence-corrected chi connectivity index (χ3v) is 7.60. The molecule has 10 heteroatoms. The van der Waals surface area contributed by atoms with Gasteiger partial charge in [-0.15, -0.1) is 0 Å². The lowest BCUT2D eigenvalue weighted by Crippen LogP contribution is -2.42. The number of hydrogen-bond acceptors (Lipinski definition) is 5. The van der Waals surface area contributed by atoms with Gasteiger partial charge in [0.05, 0.1) is 6.54 Å². The molecule has 0 unspecified atom stereocenters. The van der Waals surface area contributed by atoms with Crippen molar-refractivity contribution in [1.82, 2.24) is 30.7 Å². The molecule has 5 rings (SSSR count). The number of carbonyl (C=O) groups is 1. The molecule has 1 aliphatic heterocycles. The van der Waals surface area contributed by atoms with Crippen LogP contribution in [0, 0.1) is 5.92 Å². The normalized spacial score (nSPS) is 20.3. The van der Waals surface area contributed by atoms with Crippen LogP contribution in [0.2, 0.25) is 0 Å². The molecule has 2 heterocycles. The average molecular weight is 527 g/mol. The summed E-state index contributed by atoms with van der Waals surface area (Å²) in [5.74, 6) is -0.287. The zero-order valence-corrected chi connectivity index (χ0v) is 21.6. The molecule has 7 nitrogen and oxygen atoms in total. The first-order valence-corrected chi connectivity index (χ1v) is 13.0. The van der Waals surface area contributed by atoms with Gasteiger partial charge in [0.25, 0.3) is 0 Å². The average Bonchev–Trinajstić information content (AvgIpc) is 3.56. The fourth-order valence-electron chi connectivity index (χ4n) is 4.79. The Morgan fingerprint density at radius 2 is 1.66 bits per heavy atom. The van der Waals surface area contributed by atoms with Crippen LogP contribution in [0.25, 0.3) is 11.1 Å². The SMILES string of the molecule is CC(C)(c1n[nH]c(CNC(=O)[C@H]2C[C@@H]2c2ccc(-c3ccc(CN4CCNCC4)cc3)cc2)n1)C(F)(F)F. The van der Waals surface area contributed by atoms with Gasteiger partial charge in [-0.2, -0.15) is 18.3 Å². The Bertz CT molecular complexity index is 1250. The lowest BCUT2D eigenvalue weighted by atomic mass is 9.92. The fourth-order valence-corrected chi connectivity index (χ4v) is 4.79. The van der Waals surface area contributed by atoms with Gasteiger partial charge in [0.2, 0.25) is 5.91 Å². The molecule has 2 aliphatic rings. The van der Waals surface area contributed by atoms with Gasteiger partial charge in [-0.1, -0.05) is 48.5 Å². The standard InChI is InChI=1S/C28H33F3N6O/c1-27(2,28(29,30)31)26-34-24(35-36-26)16-33-25(38)23-15-22(23)21-9-7-20(8-10-21)19-5-3-18(4-6-19)17-37-13-11-32-12-14-37/h3-10,22-23,32H,11-17H2,1-2H3,(H,33,38)(H,34,35,36)/t22-,23+/m1/s1. The van der Waals surface area contributed by atoms with Crippen molar-refractivity contribution in [2.75, 3.05) is 26.2 Å². The van der Waals surface area contributed by atoms with Gasteiger partial charge in [-0.25, -0.2) is 4.98 Å². The lowest BCUT2D eigenvalue weighted by Gasteiger charge is -2.27. The zero-order valence-electron chi connectivity index (χ0n) is 21.6. The van der Waals surface area contributed by atoms with Crippen LogP contribution in [-0.2, 0) is 23.3 Å². The third-order valence-electron chi connectivity index (χ3n) is 7.60. The predicted molar refractivity (Wildman–Crippen MR) is 138 cm³/mol. The van der Waals surface area contributed by atoms with Crippen LogP contribution in [0.4, 0.5) is 13.2 Å². The molecule has 1 saturated carbocycles. The first-order valence-electron chi connectivity index (χ1n) is 13.0. The van der Waals surface area contributed by atoms with Crippen molar-refractivity contribution in [2.45, 2.75) is 50.9 Å². The second-order valence-electron chi connectivity index (χ2n) is 10.7. The number of aromatic nitrogens is 3. The van der Waals surface area contributed by atoms with Crippen molar-refractivity contribution < 1.29 is 18.0 Å². The van der Waals surface area contributed by atoms with Crippen LogP contribution < -0.4 is 10.6 Å². The highest BCUT2D eigenvalue weighted by molar-refractivity contribution is 5.82. The molecular weight excluding hydrogens is 493 g/mol. The van der Waals surface area contributed by atoms with E-state index >= 15 is 0 Å². The molecule has 38 heavy (non-hydrogen) atoms. The summed E-state index contributed by atoms with van der Waals surface area (Å²) in [6, 6.07) is 17.0. The first-order chi connectivity index (χ1) is 18.1. The minimum Gasteiger partial charge on any atom is -0.349 e. The van der Waals surface area contributed by atoms with Crippen LogP contribution >= 0.6 is 0 Å². The monoisotopic (exact) mass is 526 g/mol. The molecule has 2 fully saturated rings. The second-order valence-corrected chi connectivity index (χ2v) is 10.7. The van der Waals surface area contributed by atoms with Crippen molar-refractivity contribution in [1.29, 1.82) is 0 Å². The largest absolute Gasteiger partial charge is 0.401 e. The van der Waals surface area contributed by atoms with E-state index < -0.39 is 11.6 Å². The van der Waals surface area contributed by atoms with Crippen LogP contribution in [0.5, 0.6) is 0 Å². The number of nitrogens with one attached hydrogen (secondary N) is 3. The molecule has 0 spiro atoms. The number of amides is 1. The van der Waals surface area contributed by atoms with Crippen molar-refractivity contribution >= 4 is 5.91 Å². The smallest absolute Gasteiger partial charge is 0.349 e. The number of benzene rings is 2. The number of hydrogen-bond donors (Lipinski definition) is 3. The van der Waals surface area contributed by atoms with E-state index in [1.165, 1.54) is 5.56 Å². The molecule has 2 atom stereocenters. The van der Waals surface area contributed by atoms with Crippen molar-refractivity contribution in [3.63, 3.8) is 0 Å². The summed E-state index contributed by atoms with van der Waals surface area (Å²) in [4.78, 5) is 19.0. The molecular formula is C28H33F3N6O. The zero-order chi connectivity index (χ0) is 26.9. The number of nitrogens with zero attached hydrogens (tertiary/aromatic N) is 3. The predicted octanol–water partition coefficient (Wildman–Crippen LogP) is 4.14. The van der Waals surface area contributed by atoms with E-state index in [1.54, 1.807) is 0 Å². The van der Waals surface area contributed by atoms with Gasteiger partial charge in [0.1, 0.15) is 11.2 Å². The van der Waals surface area contributed by atoms with Gasteiger partial charge in [0, 0.05) is 38.6 Å². The number of rotatable bonds is 8. The van der Waals surface area contributed by atoms with Crippen LogP contribution in [0.15, 0.2) is 48.5 Å². The molecule has 3 N–H and O–H groups in total.